The number of benzene rings is 3. The number of fused-ring (bicyclic) bond motifs is 1. The summed E-state index contributed by atoms with van der Waals surface area (Å²) in [6.07, 6.45) is -3.46. The molecule has 0 amide bonds. The first-order valence-electron chi connectivity index (χ1n) is 11.7. The molecule has 3 aromatic carbocycles. The molecule has 39 heavy (non-hydrogen) atoms. The maximum atomic E-state index is 13.5. The SMILES string of the molecule is CC1(C)CC(Oc2ccc(C(F)(F)F)cc2-c2ccc(F)cc2)c2ccc(S(=O)(=O)Nc3nccs3)cc2O1. The van der Waals surface area contributed by atoms with Crippen LogP contribution in [0.25, 0.3) is 11.1 Å². The van der Waals surface area contributed by atoms with Crippen molar-refractivity contribution in [3.8, 4) is 22.6 Å². The lowest BCUT2D eigenvalue weighted by Gasteiger charge is -2.38. The fraction of sp³-hybridized carbons (Fsp3) is 0.222. The highest BCUT2D eigenvalue weighted by Gasteiger charge is 2.37. The molecule has 0 radical (unpaired) electrons. The first kappa shape index (κ1) is 26.9. The standard InChI is InChI=1S/C27H22F4N2O4S2/c1-26(2)15-24(20-9-8-19(14-23(20)37-26)39(34,35)33-25-32-11-12-38-25)36-22-10-5-17(27(29,30)31)13-21(22)16-3-6-18(28)7-4-16/h3-14,24H,15H2,1-2H3,(H,32,33). The van der Waals surface area contributed by atoms with Crippen molar-refractivity contribution >= 4 is 26.5 Å². The van der Waals surface area contributed by atoms with Gasteiger partial charge in [0, 0.05) is 35.2 Å². The molecule has 12 heteroatoms. The van der Waals surface area contributed by atoms with Crippen LogP contribution in [0.1, 0.15) is 37.5 Å². The monoisotopic (exact) mass is 578 g/mol. The van der Waals surface area contributed by atoms with E-state index in [0.717, 1.165) is 35.6 Å². The van der Waals surface area contributed by atoms with Gasteiger partial charge in [-0.2, -0.15) is 13.2 Å². The summed E-state index contributed by atoms with van der Waals surface area (Å²) in [7, 11) is -3.96. The average molecular weight is 579 g/mol. The summed E-state index contributed by atoms with van der Waals surface area (Å²) in [4.78, 5) is 3.89. The molecular formula is C27H22F4N2O4S2. The number of hydrogen-bond donors (Lipinski definition) is 1. The van der Waals surface area contributed by atoms with Crippen LogP contribution in [0, 0.1) is 5.82 Å². The molecule has 1 aromatic heterocycles. The summed E-state index contributed by atoms with van der Waals surface area (Å²) < 4.78 is 94.7. The van der Waals surface area contributed by atoms with Crippen LogP contribution in [0.4, 0.5) is 22.7 Å². The van der Waals surface area contributed by atoms with Gasteiger partial charge in [-0.3, -0.25) is 4.72 Å². The molecule has 1 N–H and O–H groups in total. The first-order valence-corrected chi connectivity index (χ1v) is 14.1. The minimum Gasteiger partial charge on any atom is -0.487 e. The second-order valence-corrected chi connectivity index (χ2v) is 12.1. The number of rotatable bonds is 6. The van der Waals surface area contributed by atoms with Gasteiger partial charge in [0.25, 0.3) is 10.0 Å². The van der Waals surface area contributed by atoms with Crippen LogP contribution in [0.5, 0.6) is 11.5 Å². The third-order valence-corrected chi connectivity index (χ3v) is 8.25. The quantitative estimate of drug-likeness (QED) is 0.241. The van der Waals surface area contributed by atoms with Crippen LogP contribution < -0.4 is 14.2 Å². The zero-order valence-corrected chi connectivity index (χ0v) is 22.3. The molecule has 4 aromatic rings. The number of alkyl halides is 3. The Morgan fingerprint density at radius 3 is 2.49 bits per heavy atom. The average Bonchev–Trinajstić information content (AvgIpc) is 3.35. The summed E-state index contributed by atoms with van der Waals surface area (Å²) in [5.41, 5.74) is -0.636. The van der Waals surface area contributed by atoms with Gasteiger partial charge in [0.15, 0.2) is 5.13 Å². The van der Waals surface area contributed by atoms with Gasteiger partial charge in [-0.1, -0.05) is 18.2 Å². The third-order valence-electron chi connectivity index (χ3n) is 6.09. The fourth-order valence-corrected chi connectivity index (χ4v) is 6.11. The lowest BCUT2D eigenvalue weighted by atomic mass is 9.91. The molecular weight excluding hydrogens is 556 g/mol. The van der Waals surface area contributed by atoms with Crippen LogP contribution >= 0.6 is 11.3 Å². The topological polar surface area (TPSA) is 77.5 Å². The minimum absolute atomic E-state index is 0.0468. The van der Waals surface area contributed by atoms with E-state index in [1.165, 1.54) is 36.5 Å². The van der Waals surface area contributed by atoms with Gasteiger partial charge >= 0.3 is 6.18 Å². The zero-order valence-electron chi connectivity index (χ0n) is 20.6. The summed E-state index contributed by atoms with van der Waals surface area (Å²) >= 11 is 1.13. The molecule has 204 valence electrons. The summed E-state index contributed by atoms with van der Waals surface area (Å²) in [5, 5.41) is 1.85. The lowest BCUT2D eigenvalue weighted by molar-refractivity contribution is -0.137. The number of aromatic nitrogens is 1. The molecule has 0 aliphatic carbocycles. The van der Waals surface area contributed by atoms with Gasteiger partial charge in [0.05, 0.1) is 10.5 Å². The predicted octanol–water partition coefficient (Wildman–Crippen LogP) is 7.45. The van der Waals surface area contributed by atoms with E-state index >= 15 is 0 Å². The highest BCUT2D eigenvalue weighted by Crippen LogP contribution is 2.45. The molecule has 1 aliphatic heterocycles. The van der Waals surface area contributed by atoms with Gasteiger partial charge in [0.1, 0.15) is 29.0 Å². The first-order chi connectivity index (χ1) is 18.3. The van der Waals surface area contributed by atoms with E-state index in [1.54, 1.807) is 25.3 Å². The minimum atomic E-state index is -4.59. The number of nitrogens with one attached hydrogen (secondary N) is 1. The van der Waals surface area contributed by atoms with Gasteiger partial charge in [-0.15, -0.1) is 11.3 Å². The van der Waals surface area contributed by atoms with Crippen molar-refractivity contribution in [1.82, 2.24) is 4.98 Å². The van der Waals surface area contributed by atoms with Crippen molar-refractivity contribution in [3.05, 3.63) is 89.2 Å². The van der Waals surface area contributed by atoms with E-state index in [-0.39, 0.29) is 27.1 Å². The second-order valence-electron chi connectivity index (χ2n) is 9.53. The zero-order chi connectivity index (χ0) is 28.0. The molecule has 0 saturated heterocycles. The van der Waals surface area contributed by atoms with Gasteiger partial charge in [0.2, 0.25) is 0 Å². The van der Waals surface area contributed by atoms with Crippen molar-refractivity contribution < 1.29 is 35.5 Å². The fourth-order valence-electron chi connectivity index (χ4n) is 4.30. The third kappa shape index (κ3) is 5.86. The Bertz CT molecular complexity index is 1600. The molecule has 0 saturated carbocycles. The highest BCUT2D eigenvalue weighted by atomic mass is 32.2. The highest BCUT2D eigenvalue weighted by molar-refractivity contribution is 7.93. The van der Waals surface area contributed by atoms with Crippen LogP contribution in [-0.4, -0.2) is 19.0 Å². The smallest absolute Gasteiger partial charge is 0.416 e. The maximum Gasteiger partial charge on any atom is 0.416 e. The number of hydrogen-bond acceptors (Lipinski definition) is 6. The Labute approximate surface area is 226 Å². The van der Waals surface area contributed by atoms with E-state index in [0.29, 0.717) is 17.5 Å². The number of halogens is 4. The van der Waals surface area contributed by atoms with Crippen LogP contribution in [0.2, 0.25) is 0 Å². The van der Waals surface area contributed by atoms with Crippen molar-refractivity contribution in [1.29, 1.82) is 0 Å². The molecule has 0 fully saturated rings. The molecule has 0 spiro atoms. The molecule has 5 rings (SSSR count). The maximum absolute atomic E-state index is 13.5. The number of ether oxygens (including phenoxy) is 2. The summed E-state index contributed by atoms with van der Waals surface area (Å²) in [6, 6.07) is 12.6. The molecule has 6 nitrogen and oxygen atoms in total. The molecule has 1 unspecified atom stereocenters. The van der Waals surface area contributed by atoms with Gasteiger partial charge < -0.3 is 9.47 Å². The Balaban J connectivity index is 1.53. The number of nitrogens with zero attached hydrogens (tertiary/aromatic N) is 1. The van der Waals surface area contributed by atoms with Gasteiger partial charge in [-0.05, 0) is 55.8 Å². The summed E-state index contributed by atoms with van der Waals surface area (Å²) in [6.45, 7) is 3.60. The van der Waals surface area contributed by atoms with Crippen molar-refractivity contribution in [3.63, 3.8) is 0 Å². The van der Waals surface area contributed by atoms with E-state index in [1.807, 2.05) is 0 Å². The largest absolute Gasteiger partial charge is 0.487 e. The molecule has 0 bridgehead atoms. The van der Waals surface area contributed by atoms with Crippen LogP contribution in [-0.2, 0) is 16.2 Å². The van der Waals surface area contributed by atoms with E-state index in [9.17, 15) is 26.0 Å². The molecule has 2 heterocycles. The Morgan fingerprint density at radius 2 is 1.82 bits per heavy atom. The van der Waals surface area contributed by atoms with E-state index in [2.05, 4.69) is 9.71 Å². The number of thiazole rings is 1. The van der Waals surface area contributed by atoms with Crippen molar-refractivity contribution in [2.75, 3.05) is 4.72 Å². The lowest BCUT2D eigenvalue weighted by Crippen LogP contribution is -2.36. The second kappa shape index (κ2) is 9.83. The van der Waals surface area contributed by atoms with E-state index < -0.39 is 39.3 Å². The van der Waals surface area contributed by atoms with E-state index in [4.69, 9.17) is 9.47 Å². The normalized spacial score (nSPS) is 16.7. The Hall–Kier alpha value is -3.64. The van der Waals surface area contributed by atoms with Gasteiger partial charge in [-0.25, -0.2) is 17.8 Å². The predicted molar refractivity (Wildman–Crippen MR) is 139 cm³/mol. The van der Waals surface area contributed by atoms with Crippen LogP contribution in [0.15, 0.2) is 77.1 Å². The Kier molecular flexibility index (Phi) is 6.79. The summed E-state index contributed by atoms with van der Waals surface area (Å²) in [5.74, 6) is -0.0951. The Morgan fingerprint density at radius 1 is 1.08 bits per heavy atom. The number of sulfonamides is 1. The molecule has 1 aliphatic rings. The molecule has 1 atom stereocenters. The number of anilines is 1. The van der Waals surface area contributed by atoms with Crippen molar-refractivity contribution in [2.45, 2.75) is 43.0 Å². The van der Waals surface area contributed by atoms with Crippen LogP contribution in [0.3, 0.4) is 0 Å². The van der Waals surface area contributed by atoms with Crippen molar-refractivity contribution in [2.24, 2.45) is 0 Å².